The van der Waals surface area contributed by atoms with Crippen LogP contribution in [0.2, 0.25) is 0 Å². The molecule has 0 saturated carbocycles. The van der Waals surface area contributed by atoms with Crippen LogP contribution in [0.5, 0.6) is 0 Å². The van der Waals surface area contributed by atoms with Gasteiger partial charge in [0.1, 0.15) is 0 Å². The van der Waals surface area contributed by atoms with Crippen LogP contribution in [0.3, 0.4) is 0 Å². The molecule has 0 nitrogen and oxygen atoms in total. The monoisotopic (exact) mass is 294 g/mol. The molecule has 0 rings (SSSR count). The minimum atomic E-state index is 0. The largest absolute Gasteiger partial charge is 2.00 e. The summed E-state index contributed by atoms with van der Waals surface area (Å²) in [5.41, 5.74) is 0. The summed E-state index contributed by atoms with van der Waals surface area (Å²) in [4.78, 5) is 0. The fourth-order valence-electron chi connectivity index (χ4n) is 2.32. The Kier molecular flexibility index (Phi) is 25.0. The predicted molar refractivity (Wildman–Crippen MR) is 93.1 cm³/mol. The van der Waals surface area contributed by atoms with Crippen LogP contribution in [-0.2, 0) is 0 Å². The maximum Gasteiger partial charge on any atom is 2.00 e. The normalized spacial score (nSPS) is 10.8. The van der Waals surface area contributed by atoms with E-state index in [2.05, 4.69) is 26.0 Å². The molecule has 0 amide bonds. The zero-order chi connectivity index (χ0) is 13.3. The third kappa shape index (κ3) is 21.4. The van der Waals surface area contributed by atoms with E-state index >= 15 is 0 Å². The van der Waals surface area contributed by atoms with E-state index in [0.29, 0.717) is 0 Å². The van der Waals surface area contributed by atoms with Crippen molar-refractivity contribution in [2.24, 2.45) is 0 Å². The van der Waals surface area contributed by atoms with Gasteiger partial charge in [0.05, 0.1) is 0 Å². The fourth-order valence-corrected chi connectivity index (χ4v) is 2.32. The van der Waals surface area contributed by atoms with E-state index in [-0.39, 0.29) is 40.6 Å². The molecule has 0 aromatic carbocycles. The van der Waals surface area contributed by atoms with Crippen molar-refractivity contribution < 1.29 is 2.85 Å². The van der Waals surface area contributed by atoms with Crippen LogP contribution in [0, 0.1) is 0 Å². The average molecular weight is 295 g/mol. The molecule has 1 heteroatoms. The quantitative estimate of drug-likeness (QED) is 0.186. The SMILES string of the molecule is CCCCCCCC/C=C\CCCCCCCC.[Ca+2].[H-].[H-]. The van der Waals surface area contributed by atoms with Crippen molar-refractivity contribution in [3.05, 3.63) is 12.2 Å². The van der Waals surface area contributed by atoms with Crippen molar-refractivity contribution in [1.29, 1.82) is 0 Å². The van der Waals surface area contributed by atoms with Gasteiger partial charge in [-0.25, -0.2) is 0 Å². The third-order valence-electron chi connectivity index (χ3n) is 3.62. The molecule has 0 radical (unpaired) electrons. The van der Waals surface area contributed by atoms with Crippen LogP contribution in [0.4, 0.5) is 0 Å². The molecule has 0 unspecified atom stereocenters. The second-order valence-electron chi connectivity index (χ2n) is 5.58. The summed E-state index contributed by atoms with van der Waals surface area (Å²) in [6, 6.07) is 0. The van der Waals surface area contributed by atoms with Gasteiger partial charge in [-0.2, -0.15) is 0 Å². The molecule has 0 aliphatic carbocycles. The molecular weight excluding hydrogens is 256 g/mol. The van der Waals surface area contributed by atoms with Crippen molar-refractivity contribution in [3.63, 3.8) is 0 Å². The Bertz CT molecular complexity index is 155. The summed E-state index contributed by atoms with van der Waals surface area (Å²) in [5, 5.41) is 0. The van der Waals surface area contributed by atoms with Gasteiger partial charge < -0.3 is 2.85 Å². The topological polar surface area (TPSA) is 0 Å². The molecule has 0 N–H and O–H groups in total. The van der Waals surface area contributed by atoms with Crippen LogP contribution < -0.4 is 0 Å². The Balaban J connectivity index is -0.000000482. The molecule has 112 valence electrons. The predicted octanol–water partition coefficient (Wildman–Crippen LogP) is 6.89. The Labute approximate surface area is 155 Å². The van der Waals surface area contributed by atoms with E-state index in [1.165, 1.54) is 89.9 Å². The first kappa shape index (κ1) is 22.3. The average Bonchev–Trinajstić information content (AvgIpc) is 2.39. The number of hydrogen-bond acceptors (Lipinski definition) is 0. The smallest absolute Gasteiger partial charge is 1.00 e. The summed E-state index contributed by atoms with van der Waals surface area (Å²) < 4.78 is 0. The summed E-state index contributed by atoms with van der Waals surface area (Å²) >= 11 is 0. The molecule has 0 fully saturated rings. The molecule has 0 saturated heterocycles. The second kappa shape index (κ2) is 21.3. The van der Waals surface area contributed by atoms with Crippen molar-refractivity contribution >= 4 is 37.7 Å². The molecule has 0 atom stereocenters. The van der Waals surface area contributed by atoms with Gasteiger partial charge in [-0.05, 0) is 25.7 Å². The van der Waals surface area contributed by atoms with Crippen LogP contribution in [0.15, 0.2) is 12.2 Å². The Hall–Kier alpha value is 1.000. The maximum atomic E-state index is 2.41. The van der Waals surface area contributed by atoms with Crippen molar-refractivity contribution in [2.45, 2.75) is 104 Å². The molecule has 0 aromatic heterocycles. The van der Waals surface area contributed by atoms with Gasteiger partial charge >= 0.3 is 37.7 Å². The van der Waals surface area contributed by atoms with E-state index < -0.39 is 0 Å². The minimum absolute atomic E-state index is 0. The van der Waals surface area contributed by atoms with E-state index in [1.54, 1.807) is 0 Å². The first-order valence-corrected chi connectivity index (χ1v) is 8.56. The zero-order valence-corrected chi connectivity index (χ0v) is 16.0. The van der Waals surface area contributed by atoms with Crippen molar-refractivity contribution in [3.8, 4) is 0 Å². The fraction of sp³-hybridized carbons (Fsp3) is 0.889. The number of allylic oxidation sites excluding steroid dienone is 2. The van der Waals surface area contributed by atoms with Gasteiger partial charge in [0.15, 0.2) is 0 Å². The van der Waals surface area contributed by atoms with Crippen LogP contribution in [-0.4, -0.2) is 37.7 Å². The van der Waals surface area contributed by atoms with Crippen LogP contribution in [0.25, 0.3) is 0 Å². The standard InChI is InChI=1S/C18H36.Ca.2H/c1-3-5-7-9-11-13-15-17-18-16-14-12-10-8-6-4-2;;;/h17-18H,3-16H2,1-2H3;;;/q;+2;2*-1/b18-17-;;;. The first-order valence-electron chi connectivity index (χ1n) is 8.56. The number of hydrogen-bond donors (Lipinski definition) is 0. The van der Waals surface area contributed by atoms with E-state index in [1.807, 2.05) is 0 Å². The summed E-state index contributed by atoms with van der Waals surface area (Å²) in [7, 11) is 0. The van der Waals surface area contributed by atoms with Gasteiger partial charge in [0.25, 0.3) is 0 Å². The molecule has 0 aliphatic rings. The molecule has 0 aliphatic heterocycles. The minimum Gasteiger partial charge on any atom is -1.00 e. The summed E-state index contributed by atoms with van der Waals surface area (Å²) in [6.07, 6.45) is 24.4. The van der Waals surface area contributed by atoms with Gasteiger partial charge in [-0.15, -0.1) is 0 Å². The van der Waals surface area contributed by atoms with Gasteiger partial charge in [-0.3, -0.25) is 0 Å². The van der Waals surface area contributed by atoms with Gasteiger partial charge in [0.2, 0.25) is 0 Å². The van der Waals surface area contributed by atoms with Crippen molar-refractivity contribution in [2.75, 3.05) is 0 Å². The summed E-state index contributed by atoms with van der Waals surface area (Å²) in [6.45, 7) is 4.57. The van der Waals surface area contributed by atoms with Crippen LogP contribution in [0.1, 0.15) is 107 Å². The molecule has 0 aromatic rings. The zero-order valence-electron chi connectivity index (χ0n) is 15.8. The number of rotatable bonds is 14. The molecule has 0 heterocycles. The third-order valence-corrected chi connectivity index (χ3v) is 3.62. The van der Waals surface area contributed by atoms with Crippen molar-refractivity contribution in [1.82, 2.24) is 0 Å². The number of unbranched alkanes of at least 4 members (excludes halogenated alkanes) is 12. The molecule has 0 bridgehead atoms. The van der Waals surface area contributed by atoms with Gasteiger partial charge in [-0.1, -0.05) is 90.2 Å². The Morgan fingerprint density at radius 1 is 0.526 bits per heavy atom. The second-order valence-corrected chi connectivity index (χ2v) is 5.58. The Morgan fingerprint density at radius 3 is 1.21 bits per heavy atom. The Morgan fingerprint density at radius 2 is 0.842 bits per heavy atom. The van der Waals surface area contributed by atoms with Crippen LogP contribution >= 0.6 is 0 Å². The first-order chi connectivity index (χ1) is 8.91. The maximum absolute atomic E-state index is 2.41. The van der Waals surface area contributed by atoms with E-state index in [4.69, 9.17) is 0 Å². The summed E-state index contributed by atoms with van der Waals surface area (Å²) in [5.74, 6) is 0. The van der Waals surface area contributed by atoms with Gasteiger partial charge in [0, 0.05) is 0 Å². The van der Waals surface area contributed by atoms with E-state index in [9.17, 15) is 0 Å². The van der Waals surface area contributed by atoms with E-state index in [0.717, 1.165) is 0 Å². The molecule has 0 spiro atoms. The molecule has 19 heavy (non-hydrogen) atoms. The molecular formula is C18H38Ca.